The summed E-state index contributed by atoms with van der Waals surface area (Å²) in [6.07, 6.45) is 4.52. The zero-order valence-electron chi connectivity index (χ0n) is 12.2. The molecule has 1 aliphatic rings. The zero-order chi connectivity index (χ0) is 14.4. The first-order valence-corrected chi connectivity index (χ1v) is 8.28. The molecule has 4 nitrogen and oxygen atoms in total. The second-order valence-corrected chi connectivity index (χ2v) is 6.62. The molecule has 1 amide bonds. The monoisotopic (exact) mass is 295 g/mol. The number of hydrogen-bond donors (Lipinski definition) is 2. The first-order chi connectivity index (χ1) is 9.70. The van der Waals surface area contributed by atoms with Crippen molar-refractivity contribution in [3.05, 3.63) is 22.4 Å². The summed E-state index contributed by atoms with van der Waals surface area (Å²) in [6, 6.07) is 4.62. The van der Waals surface area contributed by atoms with E-state index < -0.39 is 0 Å². The molecule has 112 valence electrons. The van der Waals surface area contributed by atoms with Crippen LogP contribution in [0.15, 0.2) is 17.5 Å². The Morgan fingerprint density at radius 2 is 2.40 bits per heavy atom. The van der Waals surface area contributed by atoms with Crippen molar-refractivity contribution in [2.24, 2.45) is 11.7 Å². The van der Waals surface area contributed by atoms with E-state index >= 15 is 0 Å². The Hall–Kier alpha value is -0.910. The first-order valence-electron chi connectivity index (χ1n) is 7.40. The molecule has 1 saturated carbocycles. The van der Waals surface area contributed by atoms with Crippen molar-refractivity contribution in [1.29, 1.82) is 0 Å². The third kappa shape index (κ3) is 4.30. The number of rotatable bonds is 7. The van der Waals surface area contributed by atoms with Crippen molar-refractivity contribution in [2.75, 3.05) is 26.7 Å². The molecule has 2 unspecified atom stereocenters. The number of hydrogen-bond acceptors (Lipinski definition) is 4. The Morgan fingerprint density at radius 3 is 3.10 bits per heavy atom. The maximum atomic E-state index is 12.0. The maximum absolute atomic E-state index is 12.0. The lowest BCUT2D eigenvalue weighted by molar-refractivity contribution is -0.122. The van der Waals surface area contributed by atoms with E-state index in [1.54, 1.807) is 11.3 Å². The Labute approximate surface area is 125 Å². The number of likely N-dealkylation sites (N-methyl/N-ethyl adjacent to an activating group) is 1. The van der Waals surface area contributed by atoms with Crippen LogP contribution < -0.4 is 11.1 Å². The standard InChI is InChI=1S/C15H25N3OS/c1-18(14-6-2-4-12(14)10-16)11-15(19)17-8-7-13-5-3-9-20-13/h3,5,9,12,14H,2,4,6-8,10-11,16H2,1H3,(H,17,19). The van der Waals surface area contributed by atoms with Gasteiger partial charge in [0.1, 0.15) is 0 Å². The van der Waals surface area contributed by atoms with Crippen LogP contribution >= 0.6 is 11.3 Å². The van der Waals surface area contributed by atoms with Gasteiger partial charge in [-0.05, 0) is 50.2 Å². The molecule has 1 aromatic heterocycles. The molecular formula is C15H25N3OS. The van der Waals surface area contributed by atoms with Crippen LogP contribution in [0, 0.1) is 5.92 Å². The summed E-state index contributed by atoms with van der Waals surface area (Å²) in [6.45, 7) is 1.93. The fraction of sp³-hybridized carbons (Fsp3) is 0.667. The summed E-state index contributed by atoms with van der Waals surface area (Å²) >= 11 is 1.74. The van der Waals surface area contributed by atoms with Gasteiger partial charge in [-0.2, -0.15) is 0 Å². The van der Waals surface area contributed by atoms with Crippen LogP contribution in [0.3, 0.4) is 0 Å². The topological polar surface area (TPSA) is 58.4 Å². The number of nitrogens with one attached hydrogen (secondary N) is 1. The SMILES string of the molecule is CN(CC(=O)NCCc1cccs1)C1CCCC1CN. The highest BCUT2D eigenvalue weighted by Crippen LogP contribution is 2.28. The Kier molecular flexibility index (Phi) is 6.01. The van der Waals surface area contributed by atoms with Crippen molar-refractivity contribution in [1.82, 2.24) is 10.2 Å². The molecule has 1 fully saturated rings. The molecule has 1 heterocycles. The quantitative estimate of drug-likeness (QED) is 0.801. The average molecular weight is 295 g/mol. The highest BCUT2D eigenvalue weighted by atomic mass is 32.1. The molecule has 0 aromatic carbocycles. The van der Waals surface area contributed by atoms with E-state index in [0.29, 0.717) is 18.5 Å². The predicted molar refractivity (Wildman–Crippen MR) is 83.8 cm³/mol. The van der Waals surface area contributed by atoms with Gasteiger partial charge in [-0.1, -0.05) is 12.5 Å². The molecule has 2 atom stereocenters. The average Bonchev–Trinajstić information content (AvgIpc) is 3.09. The van der Waals surface area contributed by atoms with Gasteiger partial charge in [-0.25, -0.2) is 0 Å². The van der Waals surface area contributed by atoms with Crippen molar-refractivity contribution < 1.29 is 4.79 Å². The summed E-state index contributed by atoms with van der Waals surface area (Å²) in [7, 11) is 2.04. The van der Waals surface area contributed by atoms with Crippen LogP contribution in [0.1, 0.15) is 24.1 Å². The van der Waals surface area contributed by atoms with Crippen LogP contribution in [0.2, 0.25) is 0 Å². The Morgan fingerprint density at radius 1 is 1.55 bits per heavy atom. The van der Waals surface area contributed by atoms with Crippen LogP contribution in [-0.2, 0) is 11.2 Å². The summed E-state index contributed by atoms with van der Waals surface area (Å²) in [5.74, 6) is 0.672. The summed E-state index contributed by atoms with van der Waals surface area (Å²) in [5.41, 5.74) is 5.80. The molecule has 0 saturated heterocycles. The third-order valence-corrected chi connectivity index (χ3v) is 5.09. The van der Waals surface area contributed by atoms with Gasteiger partial charge in [0.25, 0.3) is 0 Å². The van der Waals surface area contributed by atoms with Gasteiger partial charge in [0, 0.05) is 17.5 Å². The van der Waals surface area contributed by atoms with E-state index in [2.05, 4.69) is 21.7 Å². The van der Waals surface area contributed by atoms with Gasteiger partial charge in [0.2, 0.25) is 5.91 Å². The van der Waals surface area contributed by atoms with Gasteiger partial charge in [0.05, 0.1) is 6.54 Å². The number of nitrogens with two attached hydrogens (primary N) is 1. The lowest BCUT2D eigenvalue weighted by Crippen LogP contribution is -2.43. The number of amides is 1. The molecule has 1 aliphatic carbocycles. The summed E-state index contributed by atoms with van der Waals surface area (Å²) in [5, 5.41) is 5.07. The molecule has 20 heavy (non-hydrogen) atoms. The normalized spacial score (nSPS) is 22.4. The second-order valence-electron chi connectivity index (χ2n) is 5.59. The van der Waals surface area contributed by atoms with Crippen LogP contribution in [0.25, 0.3) is 0 Å². The molecule has 5 heteroatoms. The lowest BCUT2D eigenvalue weighted by atomic mass is 10.0. The zero-order valence-corrected chi connectivity index (χ0v) is 13.0. The highest BCUT2D eigenvalue weighted by molar-refractivity contribution is 7.09. The molecular weight excluding hydrogens is 270 g/mol. The van der Waals surface area contributed by atoms with E-state index in [4.69, 9.17) is 5.73 Å². The minimum atomic E-state index is 0.117. The van der Waals surface area contributed by atoms with Gasteiger partial charge < -0.3 is 11.1 Å². The third-order valence-electron chi connectivity index (χ3n) is 4.15. The number of nitrogens with zero attached hydrogens (tertiary/aromatic N) is 1. The fourth-order valence-corrected chi connectivity index (χ4v) is 3.76. The number of thiophene rings is 1. The van der Waals surface area contributed by atoms with E-state index in [1.165, 1.54) is 24.1 Å². The second kappa shape index (κ2) is 7.76. The minimum Gasteiger partial charge on any atom is -0.355 e. The van der Waals surface area contributed by atoms with Gasteiger partial charge in [0.15, 0.2) is 0 Å². The lowest BCUT2D eigenvalue weighted by Gasteiger charge is -2.28. The molecule has 3 N–H and O–H groups in total. The molecule has 0 bridgehead atoms. The van der Waals surface area contributed by atoms with E-state index in [-0.39, 0.29) is 5.91 Å². The molecule has 0 spiro atoms. The molecule has 1 aromatic rings. The van der Waals surface area contributed by atoms with E-state index in [1.807, 2.05) is 13.1 Å². The maximum Gasteiger partial charge on any atom is 0.234 e. The molecule has 2 rings (SSSR count). The van der Waals surface area contributed by atoms with Gasteiger partial charge >= 0.3 is 0 Å². The summed E-state index contributed by atoms with van der Waals surface area (Å²) in [4.78, 5) is 15.4. The number of carbonyl (C=O) groups is 1. The van der Waals surface area contributed by atoms with Crippen molar-refractivity contribution in [3.8, 4) is 0 Å². The predicted octanol–water partition coefficient (Wildman–Crippen LogP) is 1.47. The Balaban J connectivity index is 1.68. The van der Waals surface area contributed by atoms with Gasteiger partial charge in [-0.3, -0.25) is 9.69 Å². The van der Waals surface area contributed by atoms with Gasteiger partial charge in [-0.15, -0.1) is 11.3 Å². The molecule has 0 aliphatic heterocycles. The van der Waals surface area contributed by atoms with Crippen molar-refractivity contribution >= 4 is 17.2 Å². The smallest absolute Gasteiger partial charge is 0.234 e. The Bertz CT molecular complexity index is 407. The van der Waals surface area contributed by atoms with Crippen molar-refractivity contribution in [2.45, 2.75) is 31.7 Å². The van der Waals surface area contributed by atoms with Crippen molar-refractivity contribution in [3.63, 3.8) is 0 Å². The van der Waals surface area contributed by atoms with E-state index in [9.17, 15) is 4.79 Å². The number of carbonyl (C=O) groups excluding carboxylic acids is 1. The highest BCUT2D eigenvalue weighted by Gasteiger charge is 2.29. The van der Waals surface area contributed by atoms with Crippen LogP contribution in [0.4, 0.5) is 0 Å². The first kappa shape index (κ1) is 15.5. The van der Waals surface area contributed by atoms with Crippen LogP contribution in [0.5, 0.6) is 0 Å². The van der Waals surface area contributed by atoms with E-state index in [0.717, 1.165) is 19.5 Å². The summed E-state index contributed by atoms with van der Waals surface area (Å²) < 4.78 is 0. The molecule has 0 radical (unpaired) electrons. The largest absolute Gasteiger partial charge is 0.355 e. The van der Waals surface area contributed by atoms with Crippen LogP contribution in [-0.4, -0.2) is 43.5 Å². The fourth-order valence-electron chi connectivity index (χ4n) is 3.05. The minimum absolute atomic E-state index is 0.117.